The average Bonchev–Trinajstić information content (AvgIpc) is 2.46. The molecule has 1 unspecified atom stereocenters. The number of hydrogen-bond donors (Lipinski definition) is 7. The molecule has 1 fully saturated rings. The van der Waals surface area contributed by atoms with Gasteiger partial charge in [0, 0.05) is 0 Å². The van der Waals surface area contributed by atoms with E-state index in [0.29, 0.717) is 19.4 Å². The second-order valence-corrected chi connectivity index (χ2v) is 5.09. The minimum atomic E-state index is -1.54. The van der Waals surface area contributed by atoms with Crippen LogP contribution in [0.1, 0.15) is 19.3 Å². The summed E-state index contributed by atoms with van der Waals surface area (Å²) in [7, 11) is 0. The van der Waals surface area contributed by atoms with Crippen molar-refractivity contribution in [3.63, 3.8) is 0 Å². The average molecular weight is 308 g/mol. The van der Waals surface area contributed by atoms with E-state index >= 15 is 0 Å². The number of hydrogen-bond acceptors (Lipinski definition) is 8. The van der Waals surface area contributed by atoms with Gasteiger partial charge in [0.15, 0.2) is 0 Å². The summed E-state index contributed by atoms with van der Waals surface area (Å²) in [5, 5.41) is 49.9. The highest BCUT2D eigenvalue weighted by molar-refractivity contribution is 5.73. The largest absolute Gasteiger partial charge is 0.480 e. The van der Waals surface area contributed by atoms with Crippen molar-refractivity contribution in [2.75, 3.05) is 13.2 Å². The van der Waals surface area contributed by atoms with Gasteiger partial charge in [0.2, 0.25) is 0 Å². The highest BCUT2D eigenvalue weighted by Crippen LogP contribution is 2.20. The second-order valence-electron chi connectivity index (χ2n) is 5.09. The Kier molecular flexibility index (Phi) is 7.46. The van der Waals surface area contributed by atoms with Gasteiger partial charge in [0.05, 0.1) is 6.61 Å². The quantitative estimate of drug-likeness (QED) is 0.231. The summed E-state index contributed by atoms with van der Waals surface area (Å²) in [6.07, 6.45) is -5.24. The Labute approximate surface area is 122 Å². The van der Waals surface area contributed by atoms with Crippen molar-refractivity contribution < 1.29 is 35.1 Å². The molecule has 0 bridgehead atoms. The van der Waals surface area contributed by atoms with Gasteiger partial charge in [0.25, 0.3) is 0 Å². The van der Waals surface area contributed by atoms with Crippen molar-refractivity contribution >= 4 is 5.97 Å². The van der Waals surface area contributed by atoms with Gasteiger partial charge in [-0.3, -0.25) is 10.1 Å². The van der Waals surface area contributed by atoms with Gasteiger partial charge in [-0.15, -0.1) is 0 Å². The lowest BCUT2D eigenvalue weighted by Gasteiger charge is -2.41. The monoisotopic (exact) mass is 308 g/mol. The van der Waals surface area contributed by atoms with Gasteiger partial charge in [-0.05, 0) is 19.4 Å². The Bertz CT molecular complexity index is 329. The van der Waals surface area contributed by atoms with Gasteiger partial charge in [-0.2, -0.15) is 0 Å². The van der Waals surface area contributed by atoms with Crippen molar-refractivity contribution in [3.8, 4) is 0 Å². The molecule has 1 saturated heterocycles. The maximum absolute atomic E-state index is 11.2. The first-order valence-corrected chi connectivity index (χ1v) is 6.91. The van der Waals surface area contributed by atoms with Gasteiger partial charge in [-0.1, -0.05) is 6.42 Å². The van der Waals surface area contributed by atoms with Crippen molar-refractivity contribution in [2.24, 2.45) is 5.73 Å². The third-order valence-electron chi connectivity index (χ3n) is 3.50. The number of aliphatic hydroxyl groups is 4. The van der Waals surface area contributed by atoms with Crippen LogP contribution in [0, 0.1) is 0 Å². The lowest BCUT2D eigenvalue weighted by atomic mass is 9.97. The van der Waals surface area contributed by atoms with Crippen LogP contribution in [0.4, 0.5) is 0 Å². The molecule has 0 saturated carbocycles. The number of carboxylic acid groups (broad SMARTS) is 1. The molecule has 0 radical (unpaired) electrons. The lowest BCUT2D eigenvalue weighted by molar-refractivity contribution is -0.238. The maximum atomic E-state index is 11.2. The summed E-state index contributed by atoms with van der Waals surface area (Å²) < 4.78 is 5.21. The molecular formula is C12H24N2O7. The van der Waals surface area contributed by atoms with Crippen LogP contribution in [0.2, 0.25) is 0 Å². The number of nitrogens with one attached hydrogen (secondary N) is 1. The first kappa shape index (κ1) is 18.2. The summed E-state index contributed by atoms with van der Waals surface area (Å²) in [5.74, 6) is -1.12. The molecule has 21 heavy (non-hydrogen) atoms. The van der Waals surface area contributed by atoms with Crippen LogP contribution in [0.5, 0.6) is 0 Å². The van der Waals surface area contributed by atoms with Crippen LogP contribution in [-0.4, -0.2) is 81.3 Å². The van der Waals surface area contributed by atoms with E-state index in [4.69, 9.17) is 20.7 Å². The molecule has 0 spiro atoms. The van der Waals surface area contributed by atoms with Crippen LogP contribution in [0.15, 0.2) is 0 Å². The van der Waals surface area contributed by atoms with Gasteiger partial charge in [0.1, 0.15) is 36.7 Å². The van der Waals surface area contributed by atoms with E-state index in [0.717, 1.165) is 0 Å². The molecule has 8 N–H and O–H groups in total. The van der Waals surface area contributed by atoms with Crippen molar-refractivity contribution in [1.82, 2.24) is 5.32 Å². The van der Waals surface area contributed by atoms with Gasteiger partial charge < -0.3 is 36.0 Å². The maximum Gasteiger partial charge on any atom is 0.320 e. The van der Waals surface area contributed by atoms with E-state index in [1.807, 2.05) is 0 Å². The summed E-state index contributed by atoms with van der Waals surface area (Å²) in [5.41, 5.74) is 5.35. The molecule has 1 aliphatic rings. The SMILES string of the molecule is NCCCC[C@H](NC1O[C@H](CO)[C@@H](O)[C@H](O)[C@@H]1O)C(=O)O. The number of nitrogens with two attached hydrogens (primary N) is 1. The van der Waals surface area contributed by atoms with Crippen molar-refractivity contribution in [3.05, 3.63) is 0 Å². The molecule has 1 heterocycles. The van der Waals surface area contributed by atoms with E-state index in [9.17, 15) is 20.1 Å². The number of unbranched alkanes of at least 4 members (excludes halogenated alkanes) is 1. The number of aliphatic hydroxyl groups excluding tert-OH is 4. The number of ether oxygens (including phenoxy) is 1. The number of carbonyl (C=O) groups is 1. The summed E-state index contributed by atoms with van der Waals surface area (Å²) >= 11 is 0. The van der Waals surface area contributed by atoms with Crippen LogP contribution < -0.4 is 11.1 Å². The van der Waals surface area contributed by atoms with Crippen LogP contribution in [0.3, 0.4) is 0 Å². The Morgan fingerprint density at radius 1 is 1.19 bits per heavy atom. The normalized spacial score (nSPS) is 34.6. The van der Waals surface area contributed by atoms with Crippen molar-refractivity contribution in [2.45, 2.75) is 55.9 Å². The highest BCUT2D eigenvalue weighted by Gasteiger charge is 2.44. The Morgan fingerprint density at radius 2 is 1.86 bits per heavy atom. The topological polar surface area (TPSA) is 166 Å². The molecule has 0 amide bonds. The van der Waals surface area contributed by atoms with E-state index < -0.39 is 49.3 Å². The molecule has 1 rings (SSSR count). The zero-order valence-electron chi connectivity index (χ0n) is 11.6. The molecule has 9 heteroatoms. The first-order valence-electron chi connectivity index (χ1n) is 6.91. The third kappa shape index (κ3) is 4.85. The fraction of sp³-hybridized carbons (Fsp3) is 0.917. The zero-order valence-corrected chi connectivity index (χ0v) is 11.6. The summed E-state index contributed by atoms with van der Waals surface area (Å²) in [6, 6.07) is -0.988. The second kappa shape index (κ2) is 8.59. The minimum Gasteiger partial charge on any atom is -0.480 e. The molecule has 124 valence electrons. The predicted octanol–water partition coefficient (Wildman–Crippen LogP) is -3.04. The van der Waals surface area contributed by atoms with Crippen molar-refractivity contribution in [1.29, 1.82) is 0 Å². The molecule has 0 aromatic rings. The smallest absolute Gasteiger partial charge is 0.320 e. The van der Waals surface area contributed by atoms with Gasteiger partial charge >= 0.3 is 5.97 Å². The first-order chi connectivity index (χ1) is 9.92. The Balaban J connectivity index is 2.66. The predicted molar refractivity (Wildman–Crippen MR) is 71.2 cm³/mol. The minimum absolute atomic E-state index is 0.279. The fourth-order valence-corrected chi connectivity index (χ4v) is 2.21. The molecule has 0 aromatic carbocycles. The number of rotatable bonds is 8. The van der Waals surface area contributed by atoms with E-state index in [2.05, 4.69) is 5.32 Å². The molecule has 9 nitrogen and oxygen atoms in total. The Hall–Kier alpha value is -0.810. The summed E-state index contributed by atoms with van der Waals surface area (Å²) in [6.45, 7) is -0.111. The summed E-state index contributed by atoms with van der Waals surface area (Å²) in [4.78, 5) is 11.2. The van der Waals surface area contributed by atoms with Crippen LogP contribution in [0.25, 0.3) is 0 Å². The molecule has 0 aromatic heterocycles. The van der Waals surface area contributed by atoms with Crippen LogP contribution >= 0.6 is 0 Å². The molecule has 0 aliphatic carbocycles. The van der Waals surface area contributed by atoms with E-state index in [-0.39, 0.29) is 6.42 Å². The van der Waals surface area contributed by atoms with E-state index in [1.165, 1.54) is 0 Å². The highest BCUT2D eigenvalue weighted by atomic mass is 16.6. The molecule has 1 aliphatic heterocycles. The lowest BCUT2D eigenvalue weighted by Crippen LogP contribution is -2.64. The van der Waals surface area contributed by atoms with Crippen LogP contribution in [-0.2, 0) is 9.53 Å². The van der Waals surface area contributed by atoms with E-state index in [1.54, 1.807) is 0 Å². The molecule has 6 atom stereocenters. The fourth-order valence-electron chi connectivity index (χ4n) is 2.21. The standard InChI is InChI=1S/C12H24N2O7/c13-4-2-1-3-6(12(19)20)14-11-10(18)9(17)8(16)7(5-15)21-11/h6-11,14-18H,1-5,13H2,(H,19,20)/t6-,7+,8+,9-,10-,11?/m0/s1. The number of aliphatic carboxylic acids is 1. The zero-order chi connectivity index (χ0) is 16.0. The Morgan fingerprint density at radius 3 is 2.38 bits per heavy atom. The van der Waals surface area contributed by atoms with Gasteiger partial charge in [-0.25, -0.2) is 0 Å². The molecular weight excluding hydrogens is 284 g/mol. The third-order valence-corrected chi connectivity index (χ3v) is 3.50. The number of carboxylic acids is 1.